The maximum atomic E-state index is 12.4. The Bertz CT molecular complexity index is 911. The molecule has 1 N–H and O–H groups in total. The summed E-state index contributed by atoms with van der Waals surface area (Å²) in [5.74, 6) is 0.693. The van der Waals surface area contributed by atoms with Gasteiger partial charge < -0.3 is 9.15 Å². The molecule has 1 aromatic heterocycles. The number of anilines is 1. The lowest BCUT2D eigenvalue weighted by Crippen LogP contribution is -2.12. The van der Waals surface area contributed by atoms with Crippen molar-refractivity contribution in [2.45, 2.75) is 24.7 Å². The highest BCUT2D eigenvalue weighted by Gasteiger charge is 2.13. The largest absolute Gasteiger partial charge is 0.494 e. The smallest absolute Gasteiger partial charge is 0.322 e. The number of carbonyl (C=O) groups excluding carboxylic acids is 1. The molecule has 0 aliphatic heterocycles. The number of hydrogen-bond acceptors (Lipinski definition) is 6. The minimum atomic E-state index is -0.330. The Labute approximate surface area is 162 Å². The van der Waals surface area contributed by atoms with E-state index in [2.05, 4.69) is 22.4 Å². The predicted octanol–water partition coefficient (Wildman–Crippen LogP) is 4.89. The Kier molecular flexibility index (Phi) is 6.49. The van der Waals surface area contributed by atoms with E-state index in [0.717, 1.165) is 23.3 Å². The Morgan fingerprint density at radius 2 is 2.04 bits per heavy atom. The molecule has 0 unspecified atom stereocenters. The first-order valence-electron chi connectivity index (χ1n) is 8.71. The quantitative estimate of drug-likeness (QED) is 0.441. The molecule has 2 aromatic carbocycles. The zero-order chi connectivity index (χ0) is 19.1. The van der Waals surface area contributed by atoms with Crippen molar-refractivity contribution < 1.29 is 13.9 Å². The number of rotatable bonds is 8. The van der Waals surface area contributed by atoms with Crippen LogP contribution >= 0.6 is 11.8 Å². The summed E-state index contributed by atoms with van der Waals surface area (Å²) in [6, 6.07) is 14.8. The monoisotopic (exact) mass is 383 g/mol. The number of unbranched alkanes of at least 4 members (excludes halogenated alkanes) is 1. The van der Waals surface area contributed by atoms with E-state index in [1.165, 1.54) is 0 Å². The SMILES string of the molecule is CCCCOc1cccc(C(=O)Nc2nnc(-c3cccc(SC)c3)o2)c1. The van der Waals surface area contributed by atoms with Crippen LogP contribution in [0.15, 0.2) is 57.8 Å². The molecule has 0 spiro atoms. The van der Waals surface area contributed by atoms with E-state index in [4.69, 9.17) is 9.15 Å². The van der Waals surface area contributed by atoms with Crippen LogP contribution in [-0.2, 0) is 0 Å². The summed E-state index contributed by atoms with van der Waals surface area (Å²) in [7, 11) is 0. The van der Waals surface area contributed by atoms with E-state index >= 15 is 0 Å². The zero-order valence-corrected chi connectivity index (χ0v) is 16.1. The molecule has 6 nitrogen and oxygen atoms in total. The van der Waals surface area contributed by atoms with Gasteiger partial charge in [-0.1, -0.05) is 30.6 Å². The number of thioether (sulfide) groups is 1. The molecule has 0 aliphatic carbocycles. The molecule has 7 heteroatoms. The van der Waals surface area contributed by atoms with Crippen molar-refractivity contribution in [1.29, 1.82) is 0 Å². The summed E-state index contributed by atoms with van der Waals surface area (Å²) in [6.45, 7) is 2.73. The Hall–Kier alpha value is -2.80. The molecule has 0 bridgehead atoms. The van der Waals surface area contributed by atoms with E-state index in [9.17, 15) is 4.79 Å². The number of benzene rings is 2. The molecular formula is C20H21N3O3S. The molecule has 27 heavy (non-hydrogen) atoms. The van der Waals surface area contributed by atoms with E-state index < -0.39 is 0 Å². The maximum Gasteiger partial charge on any atom is 0.322 e. The van der Waals surface area contributed by atoms with Gasteiger partial charge in [-0.15, -0.1) is 16.9 Å². The molecule has 0 saturated heterocycles. The van der Waals surface area contributed by atoms with Gasteiger partial charge >= 0.3 is 6.01 Å². The Morgan fingerprint density at radius 3 is 2.85 bits per heavy atom. The van der Waals surface area contributed by atoms with Crippen molar-refractivity contribution >= 4 is 23.7 Å². The molecule has 0 aliphatic rings. The van der Waals surface area contributed by atoms with E-state index in [1.807, 2.05) is 36.6 Å². The number of ether oxygens (including phenoxy) is 1. The number of hydrogen-bond donors (Lipinski definition) is 1. The van der Waals surface area contributed by atoms with Gasteiger partial charge in [0, 0.05) is 16.0 Å². The fourth-order valence-electron chi connectivity index (χ4n) is 2.38. The maximum absolute atomic E-state index is 12.4. The molecular weight excluding hydrogens is 362 g/mol. The van der Waals surface area contributed by atoms with Crippen LogP contribution in [0.4, 0.5) is 6.01 Å². The molecule has 0 saturated carbocycles. The lowest BCUT2D eigenvalue weighted by molar-refractivity contribution is 0.102. The topological polar surface area (TPSA) is 77.2 Å². The molecule has 3 rings (SSSR count). The van der Waals surface area contributed by atoms with Gasteiger partial charge in [-0.25, -0.2) is 0 Å². The highest BCUT2D eigenvalue weighted by Crippen LogP contribution is 2.25. The fourth-order valence-corrected chi connectivity index (χ4v) is 2.84. The first kappa shape index (κ1) is 19.0. The second kappa shape index (κ2) is 9.23. The summed E-state index contributed by atoms with van der Waals surface area (Å²) < 4.78 is 11.2. The average molecular weight is 383 g/mol. The zero-order valence-electron chi connectivity index (χ0n) is 15.3. The Morgan fingerprint density at radius 1 is 1.19 bits per heavy atom. The first-order valence-corrected chi connectivity index (χ1v) is 9.94. The van der Waals surface area contributed by atoms with Crippen molar-refractivity contribution in [3.8, 4) is 17.2 Å². The highest BCUT2D eigenvalue weighted by molar-refractivity contribution is 7.98. The van der Waals surface area contributed by atoms with Gasteiger partial charge in [-0.2, -0.15) is 0 Å². The third kappa shape index (κ3) is 5.10. The van der Waals surface area contributed by atoms with Crippen LogP contribution in [0.2, 0.25) is 0 Å². The summed E-state index contributed by atoms with van der Waals surface area (Å²) in [6.07, 6.45) is 4.02. The van der Waals surface area contributed by atoms with E-state index in [-0.39, 0.29) is 11.9 Å². The molecule has 1 heterocycles. The van der Waals surface area contributed by atoms with Crippen LogP contribution in [0, 0.1) is 0 Å². The predicted molar refractivity (Wildman–Crippen MR) is 106 cm³/mol. The minimum absolute atomic E-state index is 0.0573. The molecule has 1 amide bonds. The van der Waals surface area contributed by atoms with Gasteiger partial charge in [0.25, 0.3) is 5.91 Å². The highest BCUT2D eigenvalue weighted by atomic mass is 32.2. The summed E-state index contributed by atoms with van der Waals surface area (Å²) >= 11 is 1.63. The van der Waals surface area contributed by atoms with Crippen molar-refractivity contribution in [3.63, 3.8) is 0 Å². The summed E-state index contributed by atoms with van der Waals surface area (Å²) in [5.41, 5.74) is 1.27. The van der Waals surface area contributed by atoms with Crippen LogP contribution in [0.25, 0.3) is 11.5 Å². The second-order valence-electron chi connectivity index (χ2n) is 5.83. The van der Waals surface area contributed by atoms with Crippen molar-refractivity contribution in [1.82, 2.24) is 10.2 Å². The van der Waals surface area contributed by atoms with Crippen LogP contribution in [-0.4, -0.2) is 29.0 Å². The second-order valence-corrected chi connectivity index (χ2v) is 6.71. The standard InChI is InChI=1S/C20H21N3O3S/c1-3-4-11-25-16-9-5-7-14(12-16)18(24)21-20-23-22-19(26-20)15-8-6-10-17(13-15)27-2/h5-10,12-13H,3-4,11H2,1-2H3,(H,21,23,24). The molecule has 0 radical (unpaired) electrons. The van der Waals surface area contributed by atoms with Crippen LogP contribution in [0.3, 0.4) is 0 Å². The van der Waals surface area contributed by atoms with Crippen molar-refractivity contribution in [2.24, 2.45) is 0 Å². The van der Waals surface area contributed by atoms with Gasteiger partial charge in [0.05, 0.1) is 6.61 Å². The Balaban J connectivity index is 1.68. The van der Waals surface area contributed by atoms with E-state index in [0.29, 0.717) is 23.8 Å². The minimum Gasteiger partial charge on any atom is -0.494 e. The average Bonchev–Trinajstić information content (AvgIpc) is 3.17. The third-order valence-electron chi connectivity index (χ3n) is 3.82. The van der Waals surface area contributed by atoms with Gasteiger partial charge in [0.15, 0.2) is 0 Å². The van der Waals surface area contributed by atoms with Gasteiger partial charge in [-0.05, 0) is 49.1 Å². The number of nitrogens with zero attached hydrogens (tertiary/aromatic N) is 2. The van der Waals surface area contributed by atoms with E-state index in [1.54, 1.807) is 30.0 Å². The fraction of sp³-hybridized carbons (Fsp3) is 0.250. The number of carbonyl (C=O) groups is 1. The van der Waals surface area contributed by atoms with Gasteiger partial charge in [0.1, 0.15) is 5.75 Å². The number of amides is 1. The van der Waals surface area contributed by atoms with Crippen LogP contribution in [0.1, 0.15) is 30.1 Å². The summed E-state index contributed by atoms with van der Waals surface area (Å²) in [4.78, 5) is 13.5. The lowest BCUT2D eigenvalue weighted by Gasteiger charge is -2.07. The van der Waals surface area contributed by atoms with Gasteiger partial charge in [-0.3, -0.25) is 10.1 Å². The molecule has 0 fully saturated rings. The molecule has 3 aromatic rings. The van der Waals surface area contributed by atoms with Crippen LogP contribution in [0.5, 0.6) is 5.75 Å². The van der Waals surface area contributed by atoms with Crippen molar-refractivity contribution in [2.75, 3.05) is 18.2 Å². The number of aromatic nitrogens is 2. The third-order valence-corrected chi connectivity index (χ3v) is 4.55. The molecule has 140 valence electrons. The molecule has 0 atom stereocenters. The normalized spacial score (nSPS) is 10.6. The number of nitrogens with one attached hydrogen (secondary N) is 1. The lowest BCUT2D eigenvalue weighted by atomic mass is 10.2. The first-order chi connectivity index (χ1) is 13.2. The summed E-state index contributed by atoms with van der Waals surface area (Å²) in [5, 5.41) is 10.6. The van der Waals surface area contributed by atoms with Crippen molar-refractivity contribution in [3.05, 3.63) is 54.1 Å². The van der Waals surface area contributed by atoms with Gasteiger partial charge in [0.2, 0.25) is 5.89 Å². The van der Waals surface area contributed by atoms with Crippen LogP contribution < -0.4 is 10.1 Å².